The molecule has 3 rings (SSSR count). The third kappa shape index (κ3) is 3.50. The largest absolute Gasteiger partial charge is 0.382 e. The minimum absolute atomic E-state index is 0.497. The van der Waals surface area contributed by atoms with Crippen LogP contribution in [0.15, 0.2) is 18.2 Å². The van der Waals surface area contributed by atoms with Gasteiger partial charge in [-0.2, -0.15) is 0 Å². The fraction of sp³-hybridized carbons (Fsp3) is 0.444. The smallest absolute Gasteiger partial charge is 0.151 e. The zero-order chi connectivity index (χ0) is 16.9. The van der Waals surface area contributed by atoms with Gasteiger partial charge in [0.25, 0.3) is 0 Å². The van der Waals surface area contributed by atoms with Gasteiger partial charge in [0.1, 0.15) is 10.5 Å². The van der Waals surface area contributed by atoms with E-state index in [9.17, 15) is 0 Å². The van der Waals surface area contributed by atoms with Gasteiger partial charge in [-0.15, -0.1) is 11.3 Å². The topological polar surface area (TPSA) is 87.0 Å². The Morgan fingerprint density at radius 3 is 2.83 bits per heavy atom. The Hall–Kier alpha value is -1.76. The molecule has 0 radical (unpaired) electrons. The highest BCUT2D eigenvalue weighted by atomic mass is 32.1. The summed E-state index contributed by atoms with van der Waals surface area (Å²) >= 11 is 1.66. The number of ether oxygens (including phenoxy) is 1. The Kier molecular flexibility index (Phi) is 5.60. The average molecular weight is 344 g/mol. The van der Waals surface area contributed by atoms with E-state index >= 15 is 0 Å². The summed E-state index contributed by atoms with van der Waals surface area (Å²) < 4.78 is 6.62. The highest BCUT2D eigenvalue weighted by Gasteiger charge is 2.15. The van der Waals surface area contributed by atoms with Crippen molar-refractivity contribution in [2.24, 2.45) is 5.73 Å². The van der Waals surface area contributed by atoms with Gasteiger partial charge in [0.05, 0.1) is 16.8 Å². The fourth-order valence-corrected chi connectivity index (χ4v) is 4.03. The molecule has 3 aromatic rings. The maximum absolute atomic E-state index is 6.13. The molecule has 0 amide bonds. The number of pyridine rings is 1. The Morgan fingerprint density at radius 1 is 1.17 bits per heavy atom. The number of aryl methyl sites for hydroxylation is 1. The van der Waals surface area contributed by atoms with Crippen LogP contribution in [0.2, 0.25) is 0 Å². The Balaban J connectivity index is 2.04. The lowest BCUT2D eigenvalue weighted by atomic mass is 10.0. The number of hydrogen-bond acceptors (Lipinski definition) is 6. The van der Waals surface area contributed by atoms with Crippen molar-refractivity contribution in [1.82, 2.24) is 9.97 Å². The van der Waals surface area contributed by atoms with Crippen molar-refractivity contribution in [3.8, 4) is 0 Å². The average Bonchev–Trinajstić information content (AvgIpc) is 3.01. The van der Waals surface area contributed by atoms with Crippen molar-refractivity contribution < 1.29 is 4.74 Å². The van der Waals surface area contributed by atoms with E-state index < -0.39 is 0 Å². The molecule has 0 saturated carbocycles. The van der Waals surface area contributed by atoms with Gasteiger partial charge in [-0.1, -0.05) is 18.6 Å². The van der Waals surface area contributed by atoms with Crippen LogP contribution in [0.25, 0.3) is 21.1 Å². The summed E-state index contributed by atoms with van der Waals surface area (Å²) in [5, 5.41) is 2.14. The molecule has 0 aliphatic heterocycles. The van der Waals surface area contributed by atoms with Gasteiger partial charge >= 0.3 is 0 Å². The summed E-state index contributed by atoms with van der Waals surface area (Å²) in [5.74, 6) is 0.497. The van der Waals surface area contributed by atoms with Crippen LogP contribution in [0.1, 0.15) is 36.8 Å². The molecule has 2 aromatic heterocycles. The SMILES string of the molecule is CCOCc1nc2c(N)nc3cccc(CCCCCN)c3c2s1. The second kappa shape index (κ2) is 7.88. The third-order valence-electron chi connectivity index (χ3n) is 4.09. The maximum atomic E-state index is 6.13. The lowest BCUT2D eigenvalue weighted by molar-refractivity contribution is 0.134. The predicted octanol–water partition coefficient (Wildman–Crippen LogP) is 3.63. The highest BCUT2D eigenvalue weighted by molar-refractivity contribution is 7.19. The van der Waals surface area contributed by atoms with Gasteiger partial charge in [-0.3, -0.25) is 0 Å². The summed E-state index contributed by atoms with van der Waals surface area (Å²) in [6.07, 6.45) is 4.38. The third-order valence-corrected chi connectivity index (χ3v) is 5.14. The minimum Gasteiger partial charge on any atom is -0.382 e. The Labute approximate surface area is 146 Å². The van der Waals surface area contributed by atoms with E-state index in [1.54, 1.807) is 11.3 Å². The Morgan fingerprint density at radius 2 is 2.04 bits per heavy atom. The number of fused-ring (bicyclic) bond motifs is 3. The van der Waals surface area contributed by atoms with E-state index in [1.807, 2.05) is 13.0 Å². The number of anilines is 1. The van der Waals surface area contributed by atoms with E-state index in [0.29, 0.717) is 19.0 Å². The summed E-state index contributed by atoms with van der Waals surface area (Å²) in [5.41, 5.74) is 14.8. The minimum atomic E-state index is 0.497. The molecule has 0 bridgehead atoms. The van der Waals surface area contributed by atoms with Crippen LogP contribution in [-0.4, -0.2) is 23.1 Å². The summed E-state index contributed by atoms with van der Waals surface area (Å²) in [4.78, 5) is 9.20. The first-order chi connectivity index (χ1) is 11.7. The molecule has 0 unspecified atom stereocenters. The molecule has 0 fully saturated rings. The summed E-state index contributed by atoms with van der Waals surface area (Å²) in [6, 6.07) is 6.27. The Bertz CT molecular complexity index is 831. The maximum Gasteiger partial charge on any atom is 0.151 e. The molecule has 2 heterocycles. The number of rotatable bonds is 8. The number of hydrogen-bond donors (Lipinski definition) is 2. The zero-order valence-corrected chi connectivity index (χ0v) is 14.9. The number of thiazole rings is 1. The van der Waals surface area contributed by atoms with Crippen molar-refractivity contribution in [3.05, 3.63) is 28.8 Å². The lowest BCUT2D eigenvalue weighted by Gasteiger charge is -2.08. The van der Waals surface area contributed by atoms with Gasteiger partial charge in [0.2, 0.25) is 0 Å². The van der Waals surface area contributed by atoms with Gasteiger partial charge in [0.15, 0.2) is 5.82 Å². The first-order valence-electron chi connectivity index (χ1n) is 8.49. The predicted molar refractivity (Wildman–Crippen MR) is 101 cm³/mol. The van der Waals surface area contributed by atoms with Crippen LogP contribution in [0.3, 0.4) is 0 Å². The molecule has 0 saturated heterocycles. The second-order valence-electron chi connectivity index (χ2n) is 5.83. The van der Waals surface area contributed by atoms with Crippen LogP contribution < -0.4 is 11.5 Å². The van der Waals surface area contributed by atoms with Gasteiger partial charge in [-0.25, -0.2) is 9.97 Å². The molecule has 1 aromatic carbocycles. The molecular weight excluding hydrogens is 320 g/mol. The van der Waals surface area contributed by atoms with E-state index in [2.05, 4.69) is 22.1 Å². The van der Waals surface area contributed by atoms with E-state index in [4.69, 9.17) is 16.2 Å². The van der Waals surface area contributed by atoms with Crippen LogP contribution in [0.5, 0.6) is 0 Å². The number of nitrogens with zero attached hydrogens (tertiary/aromatic N) is 2. The number of aromatic nitrogens is 2. The molecule has 0 aliphatic rings. The number of unbranched alkanes of at least 4 members (excludes halogenated alkanes) is 2. The van der Waals surface area contributed by atoms with Gasteiger partial charge in [0, 0.05) is 12.0 Å². The van der Waals surface area contributed by atoms with Crippen molar-refractivity contribution in [2.75, 3.05) is 18.9 Å². The number of benzene rings is 1. The molecule has 4 N–H and O–H groups in total. The van der Waals surface area contributed by atoms with Gasteiger partial charge in [-0.05, 0) is 44.4 Å². The van der Waals surface area contributed by atoms with Crippen LogP contribution in [-0.2, 0) is 17.8 Å². The van der Waals surface area contributed by atoms with Crippen molar-refractivity contribution in [3.63, 3.8) is 0 Å². The van der Waals surface area contributed by atoms with E-state index in [0.717, 1.165) is 53.0 Å². The van der Waals surface area contributed by atoms with Gasteiger partial charge < -0.3 is 16.2 Å². The molecule has 6 heteroatoms. The molecule has 128 valence electrons. The van der Waals surface area contributed by atoms with Crippen molar-refractivity contribution in [1.29, 1.82) is 0 Å². The van der Waals surface area contributed by atoms with E-state index in [1.165, 1.54) is 10.9 Å². The fourth-order valence-electron chi connectivity index (χ4n) is 2.93. The molecule has 24 heavy (non-hydrogen) atoms. The van der Waals surface area contributed by atoms with Crippen LogP contribution in [0, 0.1) is 0 Å². The number of nitrogen functional groups attached to an aromatic ring is 1. The normalized spacial score (nSPS) is 11.6. The first-order valence-corrected chi connectivity index (χ1v) is 9.30. The molecule has 0 spiro atoms. The second-order valence-corrected chi connectivity index (χ2v) is 6.91. The molecular formula is C18H24N4OS. The summed E-state index contributed by atoms with van der Waals surface area (Å²) in [7, 11) is 0. The molecule has 5 nitrogen and oxygen atoms in total. The molecule has 0 atom stereocenters. The quantitative estimate of drug-likeness (QED) is 0.609. The lowest BCUT2D eigenvalue weighted by Crippen LogP contribution is -1.99. The number of nitrogens with two attached hydrogens (primary N) is 2. The standard InChI is InChI=1S/C18H24N4OS/c1-2-23-11-14-22-16-17(24-14)15-12(7-4-3-5-10-19)8-6-9-13(15)21-18(16)20/h6,8-9H,2-5,7,10-11,19H2,1H3,(H2,20,21). The van der Waals surface area contributed by atoms with Crippen molar-refractivity contribution in [2.45, 2.75) is 39.2 Å². The monoisotopic (exact) mass is 344 g/mol. The van der Waals surface area contributed by atoms with Crippen molar-refractivity contribution >= 4 is 38.3 Å². The highest BCUT2D eigenvalue weighted by Crippen LogP contribution is 2.35. The van der Waals surface area contributed by atoms with E-state index in [-0.39, 0.29) is 0 Å². The van der Waals surface area contributed by atoms with Crippen LogP contribution in [0.4, 0.5) is 5.82 Å². The van der Waals surface area contributed by atoms with Crippen LogP contribution >= 0.6 is 11.3 Å². The summed E-state index contributed by atoms with van der Waals surface area (Å²) in [6.45, 7) is 3.94. The first kappa shape index (κ1) is 17.1. The zero-order valence-electron chi connectivity index (χ0n) is 14.0. The molecule has 0 aliphatic carbocycles.